The molecule has 0 saturated carbocycles. The molecule has 0 unspecified atom stereocenters. The van der Waals surface area contributed by atoms with Crippen LogP contribution in [0.1, 0.15) is 23.0 Å². The number of rotatable bonds is 5. The Morgan fingerprint density at radius 2 is 2.33 bits per heavy atom. The first-order valence-electron chi connectivity index (χ1n) is 6.50. The lowest BCUT2D eigenvalue weighted by Crippen LogP contribution is -1.94. The van der Waals surface area contributed by atoms with Crippen LogP contribution in [0.5, 0.6) is 0 Å². The maximum atomic E-state index is 12.0. The summed E-state index contributed by atoms with van der Waals surface area (Å²) in [6, 6.07) is 4.05. The van der Waals surface area contributed by atoms with Crippen molar-refractivity contribution in [3.05, 3.63) is 52.6 Å². The molecule has 0 N–H and O–H groups in total. The lowest BCUT2D eigenvalue weighted by Gasteiger charge is -1.90. The maximum absolute atomic E-state index is 12.0. The van der Waals surface area contributed by atoms with Gasteiger partial charge in [0.2, 0.25) is 0 Å². The Bertz CT molecular complexity index is 769. The van der Waals surface area contributed by atoms with Crippen LogP contribution in [0.15, 0.2) is 41.4 Å². The molecule has 0 atom stereocenters. The number of hydrogen-bond acceptors (Lipinski definition) is 5. The van der Waals surface area contributed by atoms with Crippen molar-refractivity contribution in [2.45, 2.75) is 13.5 Å². The Morgan fingerprint density at radius 1 is 1.43 bits per heavy atom. The summed E-state index contributed by atoms with van der Waals surface area (Å²) >= 11 is 3.24. The van der Waals surface area contributed by atoms with Gasteiger partial charge in [-0.1, -0.05) is 6.07 Å². The van der Waals surface area contributed by atoms with Gasteiger partial charge in [0.05, 0.1) is 22.3 Å². The molecule has 0 bridgehead atoms. The van der Waals surface area contributed by atoms with Crippen molar-refractivity contribution in [1.82, 2.24) is 14.8 Å². The highest BCUT2D eigenvalue weighted by molar-refractivity contribution is 7.20. The lowest BCUT2D eigenvalue weighted by molar-refractivity contribution is 0.104. The Kier molecular flexibility index (Phi) is 4.08. The molecule has 3 aromatic heterocycles. The molecule has 3 rings (SSSR count). The van der Waals surface area contributed by atoms with Gasteiger partial charge in [-0.2, -0.15) is 5.10 Å². The minimum absolute atomic E-state index is 0.0552. The van der Waals surface area contributed by atoms with Crippen LogP contribution in [0.4, 0.5) is 0 Å². The SMILES string of the molecule is CCn1cc(C(=O)/C=C/c2csc(-c3cccs3)n2)cn1. The summed E-state index contributed by atoms with van der Waals surface area (Å²) in [6.07, 6.45) is 6.64. The third-order valence-corrected chi connectivity index (χ3v) is 4.80. The van der Waals surface area contributed by atoms with Crippen LogP contribution >= 0.6 is 22.7 Å². The van der Waals surface area contributed by atoms with Crippen LogP contribution in [0.3, 0.4) is 0 Å². The van der Waals surface area contributed by atoms with Crippen LogP contribution < -0.4 is 0 Å². The number of carbonyl (C=O) groups excluding carboxylic acids is 1. The Hall–Kier alpha value is -2.05. The maximum Gasteiger partial charge on any atom is 0.189 e. The van der Waals surface area contributed by atoms with Gasteiger partial charge in [0.1, 0.15) is 5.01 Å². The summed E-state index contributed by atoms with van der Waals surface area (Å²) in [5, 5.41) is 9.06. The predicted octanol–water partition coefficient (Wildman–Crippen LogP) is 3.98. The van der Waals surface area contributed by atoms with E-state index >= 15 is 0 Å². The smallest absolute Gasteiger partial charge is 0.189 e. The highest BCUT2D eigenvalue weighted by atomic mass is 32.1. The number of carbonyl (C=O) groups is 1. The summed E-state index contributed by atoms with van der Waals surface area (Å²) in [4.78, 5) is 17.7. The Labute approximate surface area is 130 Å². The van der Waals surface area contributed by atoms with E-state index in [-0.39, 0.29) is 5.78 Å². The zero-order chi connectivity index (χ0) is 14.7. The van der Waals surface area contributed by atoms with Crippen molar-refractivity contribution in [2.75, 3.05) is 0 Å². The molecule has 0 radical (unpaired) electrons. The van der Waals surface area contributed by atoms with Crippen molar-refractivity contribution in [3.63, 3.8) is 0 Å². The standard InChI is InChI=1S/C15H13N3OS2/c1-2-18-9-11(8-16-18)13(19)6-5-12-10-21-15(17-12)14-4-3-7-20-14/h3-10H,2H2,1H3/b6-5+. The van der Waals surface area contributed by atoms with E-state index < -0.39 is 0 Å². The van der Waals surface area contributed by atoms with E-state index in [1.165, 1.54) is 0 Å². The summed E-state index contributed by atoms with van der Waals surface area (Å²) in [6.45, 7) is 2.74. The third kappa shape index (κ3) is 3.17. The number of allylic oxidation sites excluding steroid dienone is 1. The van der Waals surface area contributed by atoms with Crippen LogP contribution in [0.2, 0.25) is 0 Å². The predicted molar refractivity (Wildman–Crippen MR) is 86.7 cm³/mol. The van der Waals surface area contributed by atoms with E-state index in [4.69, 9.17) is 0 Å². The second-order valence-electron chi connectivity index (χ2n) is 4.34. The van der Waals surface area contributed by atoms with Crippen LogP contribution in [0.25, 0.3) is 16.0 Å². The summed E-state index contributed by atoms with van der Waals surface area (Å²) < 4.78 is 1.73. The fourth-order valence-corrected chi connectivity index (χ4v) is 3.40. The molecule has 0 aliphatic carbocycles. The van der Waals surface area contributed by atoms with Crippen molar-refractivity contribution in [1.29, 1.82) is 0 Å². The number of thiazole rings is 1. The van der Waals surface area contributed by atoms with Crippen LogP contribution in [0, 0.1) is 0 Å². The number of aryl methyl sites for hydroxylation is 1. The Balaban J connectivity index is 1.72. The van der Waals surface area contributed by atoms with E-state index in [0.29, 0.717) is 5.56 Å². The number of hydrogen-bond donors (Lipinski definition) is 0. The molecule has 3 aromatic rings. The van der Waals surface area contributed by atoms with Gasteiger partial charge in [-0.25, -0.2) is 4.98 Å². The van der Waals surface area contributed by atoms with Gasteiger partial charge in [-0.05, 0) is 30.5 Å². The average molecular weight is 315 g/mol. The molecule has 0 aromatic carbocycles. The average Bonchev–Trinajstić information content (AvgIpc) is 3.24. The summed E-state index contributed by atoms with van der Waals surface area (Å²) in [5.74, 6) is -0.0552. The van der Waals surface area contributed by atoms with Crippen LogP contribution in [-0.2, 0) is 6.54 Å². The first-order chi connectivity index (χ1) is 10.3. The zero-order valence-electron chi connectivity index (χ0n) is 11.4. The van der Waals surface area contributed by atoms with Crippen molar-refractivity contribution in [3.8, 4) is 9.88 Å². The van der Waals surface area contributed by atoms with Gasteiger partial charge in [0.25, 0.3) is 0 Å². The highest BCUT2D eigenvalue weighted by Crippen LogP contribution is 2.28. The largest absolute Gasteiger partial charge is 0.289 e. The van der Waals surface area contributed by atoms with Gasteiger partial charge in [0, 0.05) is 18.1 Å². The molecular weight excluding hydrogens is 302 g/mol. The lowest BCUT2D eigenvalue weighted by atomic mass is 10.2. The monoisotopic (exact) mass is 315 g/mol. The summed E-state index contributed by atoms with van der Waals surface area (Å²) in [5.41, 5.74) is 1.40. The number of aromatic nitrogens is 3. The van der Waals surface area contributed by atoms with Gasteiger partial charge >= 0.3 is 0 Å². The normalized spacial score (nSPS) is 11.3. The zero-order valence-corrected chi connectivity index (χ0v) is 13.0. The minimum Gasteiger partial charge on any atom is -0.289 e. The van der Waals surface area contributed by atoms with Crippen molar-refractivity contribution >= 4 is 34.5 Å². The molecule has 106 valence electrons. The van der Waals surface area contributed by atoms with Gasteiger partial charge in [0.15, 0.2) is 5.78 Å². The van der Waals surface area contributed by atoms with Crippen LogP contribution in [-0.4, -0.2) is 20.5 Å². The van der Waals surface area contributed by atoms with Crippen molar-refractivity contribution in [2.24, 2.45) is 0 Å². The minimum atomic E-state index is -0.0552. The molecule has 0 aliphatic heterocycles. The fraction of sp³-hybridized carbons (Fsp3) is 0.133. The molecular formula is C15H13N3OS2. The molecule has 3 heterocycles. The second kappa shape index (κ2) is 6.15. The first kappa shape index (κ1) is 13.9. The van der Waals surface area contributed by atoms with Gasteiger partial charge in [-0.3, -0.25) is 9.48 Å². The molecule has 6 heteroatoms. The fourth-order valence-electron chi connectivity index (χ4n) is 1.80. The topological polar surface area (TPSA) is 47.8 Å². The molecule has 0 aliphatic rings. The van der Waals surface area contributed by atoms with E-state index in [2.05, 4.69) is 10.1 Å². The van der Waals surface area contributed by atoms with E-state index in [1.54, 1.807) is 51.9 Å². The third-order valence-electron chi connectivity index (χ3n) is 2.90. The molecule has 0 spiro atoms. The molecule has 0 fully saturated rings. The van der Waals surface area contributed by atoms with Crippen molar-refractivity contribution < 1.29 is 4.79 Å². The van der Waals surface area contributed by atoms with E-state index in [9.17, 15) is 4.79 Å². The first-order valence-corrected chi connectivity index (χ1v) is 8.26. The summed E-state index contributed by atoms with van der Waals surface area (Å²) in [7, 11) is 0. The quantitative estimate of drug-likeness (QED) is 0.528. The highest BCUT2D eigenvalue weighted by Gasteiger charge is 2.06. The van der Waals surface area contributed by atoms with Gasteiger partial charge < -0.3 is 0 Å². The van der Waals surface area contributed by atoms with E-state index in [1.807, 2.05) is 29.8 Å². The van der Waals surface area contributed by atoms with Gasteiger partial charge in [-0.15, -0.1) is 22.7 Å². The molecule has 4 nitrogen and oxygen atoms in total. The second-order valence-corrected chi connectivity index (χ2v) is 6.14. The molecule has 0 amide bonds. The Morgan fingerprint density at radius 3 is 3.05 bits per heavy atom. The number of thiophene rings is 1. The molecule has 0 saturated heterocycles. The van der Waals surface area contributed by atoms with E-state index in [0.717, 1.165) is 22.1 Å². The number of nitrogens with zero attached hydrogens (tertiary/aromatic N) is 3. The molecule has 21 heavy (non-hydrogen) atoms. The number of ketones is 1.